The monoisotopic (exact) mass is 547 g/mol. The molecule has 10 heteroatoms. The molecule has 4 aromatic rings. The van der Waals surface area contributed by atoms with Gasteiger partial charge >= 0.3 is 0 Å². The molecule has 0 aliphatic carbocycles. The van der Waals surface area contributed by atoms with Gasteiger partial charge in [-0.25, -0.2) is 22.2 Å². The zero-order valence-corrected chi connectivity index (χ0v) is 21.2. The summed E-state index contributed by atoms with van der Waals surface area (Å²) in [5.41, 5.74) is 0.568. The number of rotatable bonds is 4. The predicted molar refractivity (Wildman–Crippen MR) is 133 cm³/mol. The molecular weight excluding hydrogens is 528 g/mol. The van der Waals surface area contributed by atoms with Crippen LogP contribution in [0.3, 0.4) is 0 Å². The Balaban J connectivity index is 1.52. The van der Waals surface area contributed by atoms with E-state index in [2.05, 4.69) is 4.98 Å². The van der Waals surface area contributed by atoms with Crippen LogP contribution in [0.4, 0.5) is 8.78 Å². The van der Waals surface area contributed by atoms with E-state index in [1.54, 1.807) is 0 Å². The Labute approximate surface area is 215 Å². The summed E-state index contributed by atoms with van der Waals surface area (Å²) < 4.78 is 70.1. The summed E-state index contributed by atoms with van der Waals surface area (Å²) in [5, 5.41) is 1.14. The smallest absolute Gasteiger partial charge is 0.189 e. The number of sulfone groups is 1. The van der Waals surface area contributed by atoms with E-state index in [1.807, 2.05) is 24.3 Å². The molecule has 0 spiro atoms. The van der Waals surface area contributed by atoms with Crippen molar-refractivity contribution in [1.29, 1.82) is 0 Å². The third-order valence-corrected chi connectivity index (χ3v) is 10.9. The van der Waals surface area contributed by atoms with Crippen LogP contribution in [0, 0.1) is 17.6 Å². The number of nitrogens with zero attached hydrogens (tertiary/aromatic N) is 1. The largest absolute Gasteiger partial charge is 0.490 e. The number of thiazole rings is 1. The molecule has 0 bridgehead atoms. The molecule has 2 aliphatic heterocycles. The van der Waals surface area contributed by atoms with Crippen molar-refractivity contribution in [3.63, 3.8) is 0 Å². The van der Waals surface area contributed by atoms with Gasteiger partial charge in [0.1, 0.15) is 10.6 Å². The standard InChI is InChI=1S/C26H20ClF2NO4S2/c27-15-5-7-16(8-6-15)36(31,32)26-11-12-33-21(13-23-30-20-3-1-2-4-22(20)35-23)17(26)14-34-25-19(29)10-9-18(28)24(25)26/h1-10,17,21H,11-14H2/t17?,21-,26-/m0/s1. The molecule has 1 aromatic heterocycles. The minimum absolute atomic E-state index is 0.0194. The summed E-state index contributed by atoms with van der Waals surface area (Å²) in [4.78, 5) is 4.65. The lowest BCUT2D eigenvalue weighted by atomic mass is 9.75. The van der Waals surface area contributed by atoms with Crippen LogP contribution in [0.2, 0.25) is 5.02 Å². The number of hydrogen-bond donors (Lipinski definition) is 0. The van der Waals surface area contributed by atoms with E-state index >= 15 is 4.39 Å². The van der Waals surface area contributed by atoms with Crippen molar-refractivity contribution < 1.29 is 26.7 Å². The van der Waals surface area contributed by atoms with Crippen molar-refractivity contribution in [3.05, 3.63) is 87.9 Å². The Morgan fingerprint density at radius 1 is 1.06 bits per heavy atom. The van der Waals surface area contributed by atoms with Crippen LogP contribution in [0.25, 0.3) is 10.2 Å². The fourth-order valence-corrected chi connectivity index (χ4v) is 8.91. The molecule has 0 amide bonds. The van der Waals surface area contributed by atoms with E-state index in [9.17, 15) is 12.8 Å². The number of aromatic nitrogens is 1. The minimum atomic E-state index is -4.25. The maximum absolute atomic E-state index is 15.5. The fourth-order valence-electron chi connectivity index (χ4n) is 5.43. The quantitative estimate of drug-likeness (QED) is 0.316. The van der Waals surface area contributed by atoms with E-state index < -0.39 is 38.2 Å². The Hall–Kier alpha value is -2.59. The van der Waals surface area contributed by atoms with Crippen LogP contribution < -0.4 is 4.74 Å². The van der Waals surface area contributed by atoms with Crippen molar-refractivity contribution in [2.24, 2.45) is 5.92 Å². The maximum atomic E-state index is 15.5. The normalized spacial score (nSPS) is 23.6. The molecule has 5 nitrogen and oxygen atoms in total. The molecule has 3 heterocycles. The molecule has 3 atom stereocenters. The summed E-state index contributed by atoms with van der Waals surface area (Å²) in [6.07, 6.45) is -0.370. The van der Waals surface area contributed by atoms with Crippen molar-refractivity contribution in [2.75, 3.05) is 13.2 Å². The molecule has 36 heavy (non-hydrogen) atoms. The van der Waals surface area contributed by atoms with Gasteiger partial charge in [0.05, 0.1) is 38.4 Å². The van der Waals surface area contributed by atoms with Crippen molar-refractivity contribution >= 4 is 43.0 Å². The highest BCUT2D eigenvalue weighted by molar-refractivity contribution is 7.92. The molecular formula is C26H20ClF2NO4S2. The SMILES string of the molecule is O=S(=O)(c1ccc(Cl)cc1)[C@@]12CCO[C@@H](Cc3nc4ccccc4s3)C1COc1c(F)ccc(F)c12. The maximum Gasteiger partial charge on any atom is 0.189 e. The van der Waals surface area contributed by atoms with Gasteiger partial charge < -0.3 is 9.47 Å². The Bertz CT molecular complexity index is 1540. The second-order valence-corrected chi connectivity index (χ2v) is 12.7. The number of para-hydroxylation sites is 1. The third kappa shape index (κ3) is 3.55. The van der Waals surface area contributed by atoms with Gasteiger partial charge in [-0.1, -0.05) is 23.7 Å². The second-order valence-electron chi connectivity index (χ2n) is 8.94. The van der Waals surface area contributed by atoms with E-state index in [-0.39, 0.29) is 35.8 Å². The molecule has 3 aromatic carbocycles. The van der Waals surface area contributed by atoms with Gasteiger partial charge in [-0.15, -0.1) is 11.3 Å². The van der Waals surface area contributed by atoms with Crippen LogP contribution in [0.1, 0.15) is 17.0 Å². The number of ether oxygens (including phenoxy) is 2. The molecule has 1 saturated heterocycles. The Morgan fingerprint density at radius 2 is 1.81 bits per heavy atom. The van der Waals surface area contributed by atoms with Gasteiger partial charge in [0, 0.05) is 24.0 Å². The van der Waals surface area contributed by atoms with E-state index in [1.165, 1.54) is 35.6 Å². The summed E-state index contributed by atoms with van der Waals surface area (Å²) in [5.74, 6) is -2.79. The summed E-state index contributed by atoms with van der Waals surface area (Å²) in [6.45, 7) is -0.0932. The van der Waals surface area contributed by atoms with Gasteiger partial charge in [-0.05, 0) is 55.0 Å². The average Bonchev–Trinajstić information content (AvgIpc) is 3.28. The third-order valence-electron chi connectivity index (χ3n) is 7.06. The molecule has 1 fully saturated rings. The molecule has 1 unspecified atom stereocenters. The number of hydrogen-bond acceptors (Lipinski definition) is 6. The van der Waals surface area contributed by atoms with E-state index in [0.29, 0.717) is 11.4 Å². The molecule has 0 saturated carbocycles. The van der Waals surface area contributed by atoms with E-state index in [4.69, 9.17) is 21.1 Å². The lowest BCUT2D eigenvalue weighted by Gasteiger charge is -2.50. The molecule has 2 aliphatic rings. The zero-order valence-electron chi connectivity index (χ0n) is 18.8. The highest BCUT2D eigenvalue weighted by Crippen LogP contribution is 2.56. The zero-order chi connectivity index (χ0) is 25.1. The van der Waals surface area contributed by atoms with Crippen LogP contribution in [0.5, 0.6) is 5.75 Å². The van der Waals surface area contributed by atoms with Gasteiger partial charge in [0.2, 0.25) is 0 Å². The van der Waals surface area contributed by atoms with Crippen LogP contribution >= 0.6 is 22.9 Å². The number of benzene rings is 3. The van der Waals surface area contributed by atoms with Crippen molar-refractivity contribution in [2.45, 2.75) is 28.6 Å². The number of halogens is 3. The summed E-state index contributed by atoms with van der Waals surface area (Å²) >= 11 is 7.50. The van der Waals surface area contributed by atoms with Crippen molar-refractivity contribution in [3.8, 4) is 5.75 Å². The summed E-state index contributed by atoms with van der Waals surface area (Å²) in [7, 11) is -4.25. The lowest BCUT2D eigenvalue weighted by molar-refractivity contribution is -0.0717. The molecule has 186 valence electrons. The Kier molecular flexibility index (Phi) is 5.79. The van der Waals surface area contributed by atoms with E-state index in [0.717, 1.165) is 27.4 Å². The van der Waals surface area contributed by atoms with Crippen LogP contribution in [-0.2, 0) is 25.7 Å². The first-order valence-corrected chi connectivity index (χ1v) is 14.1. The van der Waals surface area contributed by atoms with Crippen molar-refractivity contribution in [1.82, 2.24) is 4.98 Å². The lowest BCUT2D eigenvalue weighted by Crippen LogP contribution is -2.58. The topological polar surface area (TPSA) is 65.5 Å². The predicted octanol–water partition coefficient (Wildman–Crippen LogP) is 5.94. The fraction of sp³-hybridized carbons (Fsp3) is 0.269. The average molecular weight is 548 g/mol. The van der Waals surface area contributed by atoms with Gasteiger partial charge in [0.25, 0.3) is 0 Å². The molecule has 0 N–H and O–H groups in total. The van der Waals surface area contributed by atoms with Gasteiger partial charge in [0.15, 0.2) is 21.4 Å². The van der Waals surface area contributed by atoms with Crippen LogP contribution in [-0.4, -0.2) is 32.7 Å². The summed E-state index contributed by atoms with van der Waals surface area (Å²) in [6, 6.07) is 15.3. The minimum Gasteiger partial charge on any atom is -0.490 e. The molecule has 0 radical (unpaired) electrons. The first kappa shape index (κ1) is 23.8. The first-order valence-electron chi connectivity index (χ1n) is 11.4. The molecule has 6 rings (SSSR count). The first-order chi connectivity index (χ1) is 17.3. The van der Waals surface area contributed by atoms with Gasteiger partial charge in [-0.2, -0.15) is 0 Å². The Morgan fingerprint density at radius 3 is 2.58 bits per heavy atom. The van der Waals surface area contributed by atoms with Crippen LogP contribution in [0.15, 0.2) is 65.6 Å². The number of fused-ring (bicyclic) bond motifs is 4. The highest BCUT2D eigenvalue weighted by Gasteiger charge is 2.61. The second kappa shape index (κ2) is 8.76. The highest BCUT2D eigenvalue weighted by atomic mass is 35.5. The van der Waals surface area contributed by atoms with Gasteiger partial charge in [-0.3, -0.25) is 0 Å².